The van der Waals surface area contributed by atoms with E-state index in [4.69, 9.17) is 4.74 Å². The second-order valence-electron chi connectivity index (χ2n) is 8.31. The van der Waals surface area contributed by atoms with Gasteiger partial charge < -0.3 is 15.2 Å². The van der Waals surface area contributed by atoms with Crippen LogP contribution >= 0.6 is 11.8 Å². The Morgan fingerprint density at radius 1 is 1.16 bits per heavy atom. The molecule has 1 amide bonds. The van der Waals surface area contributed by atoms with Gasteiger partial charge in [0.2, 0.25) is 5.91 Å². The maximum absolute atomic E-state index is 13.4. The van der Waals surface area contributed by atoms with Gasteiger partial charge in [-0.1, -0.05) is 43.2 Å². The molecule has 1 aliphatic rings. The second-order valence-corrected chi connectivity index (χ2v) is 9.30. The molecule has 7 heteroatoms. The number of aryl methyl sites for hydroxylation is 1. The SMILES string of the molecule is CCOC(=O)[C@H](CCSC)NC(=O)C1(C[C@@H](CCc2ccccc2)C(=O)O)CCCC1. The van der Waals surface area contributed by atoms with E-state index in [0.29, 0.717) is 38.5 Å². The van der Waals surface area contributed by atoms with Crippen LogP contribution in [0.1, 0.15) is 57.4 Å². The Labute approximate surface area is 189 Å². The molecule has 0 unspecified atom stereocenters. The van der Waals surface area contributed by atoms with Gasteiger partial charge in [-0.3, -0.25) is 9.59 Å². The maximum atomic E-state index is 13.4. The topological polar surface area (TPSA) is 92.7 Å². The lowest BCUT2D eigenvalue weighted by Gasteiger charge is -2.32. The zero-order chi connectivity index (χ0) is 22.7. The molecule has 2 rings (SSSR count). The number of rotatable bonds is 13. The van der Waals surface area contributed by atoms with Crippen LogP contribution < -0.4 is 5.32 Å². The normalized spacial score (nSPS) is 17.0. The van der Waals surface area contributed by atoms with E-state index in [9.17, 15) is 19.5 Å². The van der Waals surface area contributed by atoms with Gasteiger partial charge in [0.1, 0.15) is 6.04 Å². The first-order valence-corrected chi connectivity index (χ1v) is 12.5. The average molecular weight is 450 g/mol. The molecule has 1 saturated carbocycles. The summed E-state index contributed by atoms with van der Waals surface area (Å²) in [5.74, 6) is -1.35. The highest BCUT2D eigenvalue weighted by Gasteiger charge is 2.45. The van der Waals surface area contributed by atoms with Crippen LogP contribution in [0.2, 0.25) is 0 Å². The highest BCUT2D eigenvalue weighted by Crippen LogP contribution is 2.44. The third kappa shape index (κ3) is 7.56. The molecule has 0 aromatic heterocycles. The third-order valence-corrected chi connectivity index (χ3v) is 6.78. The number of ether oxygens (including phenoxy) is 1. The van der Waals surface area contributed by atoms with E-state index in [1.165, 1.54) is 0 Å². The van der Waals surface area contributed by atoms with E-state index in [-0.39, 0.29) is 12.5 Å². The number of carbonyl (C=O) groups is 3. The lowest BCUT2D eigenvalue weighted by molar-refractivity contribution is -0.150. The van der Waals surface area contributed by atoms with E-state index in [0.717, 1.165) is 24.2 Å². The molecule has 1 aliphatic carbocycles. The van der Waals surface area contributed by atoms with Crippen molar-refractivity contribution in [3.8, 4) is 0 Å². The molecule has 0 radical (unpaired) electrons. The highest BCUT2D eigenvalue weighted by molar-refractivity contribution is 7.98. The maximum Gasteiger partial charge on any atom is 0.328 e. The molecule has 1 aromatic rings. The fraction of sp³-hybridized carbons (Fsp3) is 0.625. The molecule has 0 bridgehead atoms. The number of benzene rings is 1. The summed E-state index contributed by atoms with van der Waals surface area (Å²) >= 11 is 1.61. The van der Waals surface area contributed by atoms with Gasteiger partial charge >= 0.3 is 11.9 Å². The Hall–Kier alpha value is -2.02. The third-order valence-electron chi connectivity index (χ3n) is 6.14. The van der Waals surface area contributed by atoms with Crippen molar-refractivity contribution in [1.29, 1.82) is 0 Å². The smallest absolute Gasteiger partial charge is 0.328 e. The van der Waals surface area contributed by atoms with E-state index in [1.54, 1.807) is 18.7 Å². The number of amides is 1. The molecule has 0 aliphatic heterocycles. The molecule has 6 nitrogen and oxygen atoms in total. The van der Waals surface area contributed by atoms with Crippen molar-refractivity contribution in [2.24, 2.45) is 11.3 Å². The molecular weight excluding hydrogens is 414 g/mol. The van der Waals surface area contributed by atoms with Crippen LogP contribution in [0.15, 0.2) is 30.3 Å². The largest absolute Gasteiger partial charge is 0.481 e. The minimum absolute atomic E-state index is 0.199. The summed E-state index contributed by atoms with van der Waals surface area (Å²) < 4.78 is 5.15. The Bertz CT molecular complexity index is 718. The Kier molecular flexibility index (Phi) is 10.4. The Morgan fingerprint density at radius 3 is 2.42 bits per heavy atom. The predicted molar refractivity (Wildman–Crippen MR) is 123 cm³/mol. The van der Waals surface area contributed by atoms with E-state index >= 15 is 0 Å². The number of hydrogen-bond acceptors (Lipinski definition) is 5. The van der Waals surface area contributed by atoms with Crippen LogP contribution in [0.3, 0.4) is 0 Å². The Morgan fingerprint density at radius 2 is 1.84 bits per heavy atom. The van der Waals surface area contributed by atoms with Crippen molar-refractivity contribution in [1.82, 2.24) is 5.32 Å². The first-order valence-electron chi connectivity index (χ1n) is 11.1. The van der Waals surface area contributed by atoms with Crippen molar-refractivity contribution in [3.05, 3.63) is 35.9 Å². The molecular formula is C24H35NO5S. The number of nitrogens with one attached hydrogen (secondary N) is 1. The van der Waals surface area contributed by atoms with Crippen molar-refractivity contribution < 1.29 is 24.2 Å². The predicted octanol–water partition coefficient (Wildman–Crippen LogP) is 4.07. The number of carbonyl (C=O) groups excluding carboxylic acids is 2. The fourth-order valence-electron chi connectivity index (χ4n) is 4.38. The molecule has 0 spiro atoms. The summed E-state index contributed by atoms with van der Waals surface area (Å²) in [4.78, 5) is 37.7. The van der Waals surface area contributed by atoms with Crippen LogP contribution in [-0.2, 0) is 25.5 Å². The van der Waals surface area contributed by atoms with Crippen molar-refractivity contribution >= 4 is 29.6 Å². The molecule has 1 aromatic carbocycles. The van der Waals surface area contributed by atoms with Gasteiger partial charge in [0.15, 0.2) is 0 Å². The van der Waals surface area contributed by atoms with Gasteiger partial charge in [-0.2, -0.15) is 11.8 Å². The number of aliphatic carboxylic acids is 1. The van der Waals surface area contributed by atoms with Crippen LogP contribution in [-0.4, -0.2) is 47.6 Å². The highest BCUT2D eigenvalue weighted by atomic mass is 32.2. The molecule has 0 saturated heterocycles. The second kappa shape index (κ2) is 12.7. The molecule has 31 heavy (non-hydrogen) atoms. The standard InChI is InChI=1S/C24H35NO5S/c1-3-30-22(28)20(13-16-31-2)25-23(29)24(14-7-8-15-24)17-19(21(26)27)12-11-18-9-5-4-6-10-18/h4-6,9-10,19-20H,3,7-8,11-17H2,1-2H3,(H,25,29)(H,26,27)/t19-,20+/m1/s1. The quantitative estimate of drug-likeness (QED) is 0.441. The summed E-state index contributed by atoms with van der Waals surface area (Å²) in [6.45, 7) is 2.00. The number of thioether (sulfide) groups is 1. The zero-order valence-electron chi connectivity index (χ0n) is 18.6. The lowest BCUT2D eigenvalue weighted by Crippen LogP contribution is -2.49. The monoisotopic (exact) mass is 449 g/mol. The minimum atomic E-state index is -0.862. The van der Waals surface area contributed by atoms with Crippen molar-refractivity contribution in [3.63, 3.8) is 0 Å². The van der Waals surface area contributed by atoms with Gasteiger partial charge in [-0.25, -0.2) is 4.79 Å². The average Bonchev–Trinajstić information content (AvgIpc) is 3.24. The molecule has 172 valence electrons. The number of carboxylic acids is 1. The molecule has 2 N–H and O–H groups in total. The van der Waals surface area contributed by atoms with Crippen LogP contribution in [0, 0.1) is 11.3 Å². The van der Waals surface area contributed by atoms with Crippen molar-refractivity contribution in [2.75, 3.05) is 18.6 Å². The molecule has 2 atom stereocenters. The van der Waals surface area contributed by atoms with Gasteiger partial charge in [-0.05, 0) is 63.0 Å². The summed E-state index contributed by atoms with van der Waals surface area (Å²) in [5.41, 5.74) is 0.363. The first kappa shape index (κ1) is 25.2. The first-order chi connectivity index (χ1) is 14.9. The number of hydrogen-bond donors (Lipinski definition) is 2. The number of esters is 1. The van der Waals surface area contributed by atoms with E-state index in [2.05, 4.69) is 5.32 Å². The summed E-state index contributed by atoms with van der Waals surface area (Å²) in [7, 11) is 0. The van der Waals surface area contributed by atoms with E-state index in [1.807, 2.05) is 36.6 Å². The summed E-state index contributed by atoms with van der Waals surface area (Å²) in [6, 6.07) is 9.12. The summed E-state index contributed by atoms with van der Waals surface area (Å²) in [5, 5.41) is 12.8. The number of carboxylic acid groups (broad SMARTS) is 1. The van der Waals surface area contributed by atoms with Gasteiger partial charge in [-0.15, -0.1) is 0 Å². The van der Waals surface area contributed by atoms with Crippen LogP contribution in [0.25, 0.3) is 0 Å². The minimum Gasteiger partial charge on any atom is -0.481 e. The Balaban J connectivity index is 2.11. The van der Waals surface area contributed by atoms with Crippen LogP contribution in [0.5, 0.6) is 0 Å². The zero-order valence-corrected chi connectivity index (χ0v) is 19.4. The summed E-state index contributed by atoms with van der Waals surface area (Å²) in [6.07, 6.45) is 7.01. The molecule has 0 heterocycles. The molecule has 1 fully saturated rings. The van der Waals surface area contributed by atoms with Crippen LogP contribution in [0.4, 0.5) is 0 Å². The van der Waals surface area contributed by atoms with E-state index < -0.39 is 29.3 Å². The van der Waals surface area contributed by atoms with Gasteiger partial charge in [0.25, 0.3) is 0 Å². The fourth-order valence-corrected chi connectivity index (χ4v) is 4.86. The van der Waals surface area contributed by atoms with Gasteiger partial charge in [0, 0.05) is 0 Å². The lowest BCUT2D eigenvalue weighted by atomic mass is 9.75. The van der Waals surface area contributed by atoms with Gasteiger partial charge in [0.05, 0.1) is 17.9 Å². The van der Waals surface area contributed by atoms with Crippen molar-refractivity contribution in [2.45, 2.75) is 64.3 Å².